The van der Waals surface area contributed by atoms with Crippen LogP contribution in [0.2, 0.25) is 0 Å². The van der Waals surface area contributed by atoms with Crippen LogP contribution >= 0.6 is 11.3 Å². The number of aromatic nitrogens is 1. The normalized spacial score (nSPS) is 19.0. The molecule has 4 nitrogen and oxygen atoms in total. The predicted molar refractivity (Wildman–Crippen MR) is 91.4 cm³/mol. The van der Waals surface area contributed by atoms with Crippen molar-refractivity contribution in [1.82, 2.24) is 9.88 Å². The Labute approximate surface area is 140 Å². The summed E-state index contributed by atoms with van der Waals surface area (Å²) in [5, 5.41) is 12.7. The molecule has 2 aromatic rings. The number of rotatable bonds is 5. The maximum Gasteiger partial charge on any atom is 0.228 e. The minimum atomic E-state index is -0.343. The van der Waals surface area contributed by atoms with Crippen LogP contribution in [-0.2, 0) is 17.6 Å². The average molecular weight is 330 g/mol. The summed E-state index contributed by atoms with van der Waals surface area (Å²) in [5.41, 5.74) is 2.09. The second-order valence-corrected chi connectivity index (χ2v) is 7.14. The Balaban J connectivity index is 1.56. The Bertz CT molecular complexity index is 654. The SMILES string of the molecule is CC(O)C1CCN(C(=O)Cc2csc(Cc3ccccc3)n2)C1. The molecule has 1 aromatic heterocycles. The van der Waals surface area contributed by atoms with E-state index >= 15 is 0 Å². The molecule has 1 N–H and O–H groups in total. The summed E-state index contributed by atoms with van der Waals surface area (Å²) >= 11 is 1.61. The summed E-state index contributed by atoms with van der Waals surface area (Å²) in [5.74, 6) is 0.327. The molecule has 0 spiro atoms. The van der Waals surface area contributed by atoms with Gasteiger partial charge in [0.15, 0.2) is 0 Å². The van der Waals surface area contributed by atoms with E-state index in [2.05, 4.69) is 17.1 Å². The van der Waals surface area contributed by atoms with E-state index in [0.717, 1.165) is 30.1 Å². The molecule has 0 aliphatic carbocycles. The lowest BCUT2D eigenvalue weighted by Crippen LogP contribution is -2.31. The highest BCUT2D eigenvalue weighted by atomic mass is 32.1. The molecule has 3 rings (SSSR count). The molecule has 0 saturated carbocycles. The van der Waals surface area contributed by atoms with Crippen molar-refractivity contribution >= 4 is 17.2 Å². The fourth-order valence-corrected chi connectivity index (χ4v) is 3.78. The number of carbonyl (C=O) groups excluding carboxylic acids is 1. The second kappa shape index (κ2) is 7.23. The zero-order chi connectivity index (χ0) is 16.2. The van der Waals surface area contributed by atoms with Gasteiger partial charge in [-0.2, -0.15) is 0 Å². The molecule has 0 bridgehead atoms. The standard InChI is InChI=1S/C18H22N2O2S/c1-13(21)15-7-8-20(11-15)18(22)10-16-12-23-17(19-16)9-14-5-3-2-4-6-14/h2-6,12-13,15,21H,7-11H2,1H3. The average Bonchev–Trinajstić information content (AvgIpc) is 3.18. The van der Waals surface area contributed by atoms with Crippen molar-refractivity contribution in [3.05, 3.63) is 52.0 Å². The summed E-state index contributed by atoms with van der Waals surface area (Å²) in [6, 6.07) is 10.2. The summed E-state index contributed by atoms with van der Waals surface area (Å²) in [6.45, 7) is 3.21. The molecule has 1 aromatic carbocycles. The van der Waals surface area contributed by atoms with Crippen molar-refractivity contribution in [1.29, 1.82) is 0 Å². The molecule has 2 unspecified atom stereocenters. The lowest BCUT2D eigenvalue weighted by atomic mass is 10.0. The largest absolute Gasteiger partial charge is 0.393 e. The summed E-state index contributed by atoms with van der Waals surface area (Å²) in [7, 11) is 0. The first-order valence-corrected chi connectivity index (χ1v) is 8.93. The Morgan fingerprint density at radius 2 is 2.22 bits per heavy atom. The molecule has 122 valence electrons. The van der Waals surface area contributed by atoms with Crippen LogP contribution in [0.1, 0.15) is 29.6 Å². The molecule has 1 amide bonds. The van der Waals surface area contributed by atoms with Gasteiger partial charge in [0.05, 0.1) is 23.2 Å². The van der Waals surface area contributed by atoms with E-state index in [1.165, 1.54) is 5.56 Å². The Hall–Kier alpha value is -1.72. The number of likely N-dealkylation sites (tertiary alicyclic amines) is 1. The number of carbonyl (C=O) groups is 1. The number of aliphatic hydroxyl groups excluding tert-OH is 1. The minimum Gasteiger partial charge on any atom is -0.393 e. The lowest BCUT2D eigenvalue weighted by molar-refractivity contribution is -0.129. The third-order valence-electron chi connectivity index (χ3n) is 4.39. The zero-order valence-corrected chi connectivity index (χ0v) is 14.1. The smallest absolute Gasteiger partial charge is 0.228 e. The van der Waals surface area contributed by atoms with Gasteiger partial charge < -0.3 is 10.0 Å². The molecule has 1 saturated heterocycles. The van der Waals surface area contributed by atoms with Crippen molar-refractivity contribution in [3.8, 4) is 0 Å². The van der Waals surface area contributed by atoms with Crippen molar-refractivity contribution in [2.45, 2.75) is 32.3 Å². The minimum absolute atomic E-state index is 0.115. The molecule has 1 fully saturated rings. The number of hydrogen-bond acceptors (Lipinski definition) is 4. The van der Waals surface area contributed by atoms with Crippen LogP contribution in [0.15, 0.2) is 35.7 Å². The van der Waals surface area contributed by atoms with Gasteiger partial charge in [0.25, 0.3) is 0 Å². The van der Waals surface area contributed by atoms with Crippen molar-refractivity contribution in [3.63, 3.8) is 0 Å². The van der Waals surface area contributed by atoms with E-state index in [1.807, 2.05) is 28.5 Å². The van der Waals surface area contributed by atoms with Gasteiger partial charge in [-0.3, -0.25) is 4.79 Å². The number of nitrogens with zero attached hydrogens (tertiary/aromatic N) is 2. The van der Waals surface area contributed by atoms with Gasteiger partial charge in [-0.1, -0.05) is 30.3 Å². The highest BCUT2D eigenvalue weighted by Gasteiger charge is 2.29. The first-order chi connectivity index (χ1) is 11.1. The molecule has 1 aliphatic heterocycles. The number of thiazole rings is 1. The van der Waals surface area contributed by atoms with E-state index in [1.54, 1.807) is 18.3 Å². The molecule has 2 heterocycles. The van der Waals surface area contributed by atoms with E-state index in [-0.39, 0.29) is 17.9 Å². The van der Waals surface area contributed by atoms with Gasteiger partial charge >= 0.3 is 0 Å². The maximum atomic E-state index is 12.4. The van der Waals surface area contributed by atoms with Crippen LogP contribution in [0, 0.1) is 5.92 Å². The van der Waals surface area contributed by atoms with Crippen LogP contribution in [0.5, 0.6) is 0 Å². The molecule has 0 radical (unpaired) electrons. The molecule has 5 heteroatoms. The fourth-order valence-electron chi connectivity index (χ4n) is 2.96. The van der Waals surface area contributed by atoms with Gasteiger partial charge in [-0.25, -0.2) is 4.98 Å². The van der Waals surface area contributed by atoms with Crippen molar-refractivity contribution < 1.29 is 9.90 Å². The summed E-state index contributed by atoms with van der Waals surface area (Å²) < 4.78 is 0. The van der Waals surface area contributed by atoms with Gasteiger partial charge in [-0.05, 0) is 18.9 Å². The Morgan fingerprint density at radius 3 is 2.91 bits per heavy atom. The topological polar surface area (TPSA) is 53.4 Å². The summed E-state index contributed by atoms with van der Waals surface area (Å²) in [6.07, 6.45) is 1.72. The van der Waals surface area contributed by atoms with Crippen molar-refractivity contribution in [2.24, 2.45) is 5.92 Å². The van der Waals surface area contributed by atoms with Crippen LogP contribution in [0.4, 0.5) is 0 Å². The first-order valence-electron chi connectivity index (χ1n) is 8.05. The third-order valence-corrected chi connectivity index (χ3v) is 5.29. The quantitative estimate of drug-likeness (QED) is 0.916. The second-order valence-electron chi connectivity index (χ2n) is 6.20. The monoisotopic (exact) mass is 330 g/mol. The van der Waals surface area contributed by atoms with E-state index < -0.39 is 0 Å². The summed E-state index contributed by atoms with van der Waals surface area (Å²) in [4.78, 5) is 18.8. The van der Waals surface area contributed by atoms with E-state index in [4.69, 9.17) is 0 Å². The number of benzene rings is 1. The van der Waals surface area contributed by atoms with Crippen LogP contribution in [0.3, 0.4) is 0 Å². The number of aliphatic hydroxyl groups is 1. The Kier molecular flexibility index (Phi) is 5.08. The molecule has 23 heavy (non-hydrogen) atoms. The van der Waals surface area contributed by atoms with E-state index in [9.17, 15) is 9.90 Å². The van der Waals surface area contributed by atoms with Crippen LogP contribution in [0.25, 0.3) is 0 Å². The number of hydrogen-bond donors (Lipinski definition) is 1. The molecule has 1 aliphatic rings. The Morgan fingerprint density at radius 1 is 1.43 bits per heavy atom. The highest BCUT2D eigenvalue weighted by molar-refractivity contribution is 7.09. The fraction of sp³-hybridized carbons (Fsp3) is 0.444. The van der Waals surface area contributed by atoms with Gasteiger partial charge in [0.2, 0.25) is 5.91 Å². The lowest BCUT2D eigenvalue weighted by Gasteiger charge is -2.17. The molecular weight excluding hydrogens is 308 g/mol. The van der Waals surface area contributed by atoms with Crippen molar-refractivity contribution in [2.75, 3.05) is 13.1 Å². The maximum absolute atomic E-state index is 12.4. The van der Waals surface area contributed by atoms with Crippen LogP contribution < -0.4 is 0 Å². The van der Waals surface area contributed by atoms with Gasteiger partial charge in [-0.15, -0.1) is 11.3 Å². The predicted octanol–water partition coefficient (Wildman–Crippen LogP) is 2.51. The molecule has 2 atom stereocenters. The molecular formula is C18H22N2O2S. The van der Waals surface area contributed by atoms with Gasteiger partial charge in [0.1, 0.15) is 0 Å². The third kappa shape index (κ3) is 4.18. The highest BCUT2D eigenvalue weighted by Crippen LogP contribution is 2.21. The van der Waals surface area contributed by atoms with Crippen LogP contribution in [-0.4, -0.2) is 40.1 Å². The number of amides is 1. The van der Waals surface area contributed by atoms with Gasteiger partial charge in [0, 0.05) is 30.8 Å². The van der Waals surface area contributed by atoms with E-state index in [0.29, 0.717) is 13.0 Å². The first kappa shape index (κ1) is 16.1. The zero-order valence-electron chi connectivity index (χ0n) is 13.3.